The lowest BCUT2D eigenvalue weighted by molar-refractivity contribution is -0.0753. The fraction of sp³-hybridized carbons (Fsp3) is 0.217. The van der Waals surface area contributed by atoms with Crippen LogP contribution >= 0.6 is 23.2 Å². The van der Waals surface area contributed by atoms with Gasteiger partial charge in [0.25, 0.3) is 0 Å². The van der Waals surface area contributed by atoms with Gasteiger partial charge in [0, 0.05) is 33.0 Å². The fourth-order valence-electron chi connectivity index (χ4n) is 6.58. The molecule has 3 nitrogen and oxygen atoms in total. The zero-order chi connectivity index (χ0) is 39.3. The summed E-state index contributed by atoms with van der Waals surface area (Å²) < 4.78 is 76.9. The molecule has 2 atom stereocenters. The Kier molecular flexibility index (Phi) is 12.3. The monoisotopic (exact) mass is 786 g/mol. The topological polar surface area (TPSA) is 27.7 Å². The van der Waals surface area contributed by atoms with Crippen molar-refractivity contribution in [2.24, 2.45) is 0 Å². The number of hydrogen-bond donors (Lipinski definition) is 0. The van der Waals surface area contributed by atoms with E-state index in [0.29, 0.717) is 32.7 Å². The van der Waals surface area contributed by atoms with Crippen LogP contribution in [-0.2, 0) is 28.4 Å². The fourth-order valence-corrected chi connectivity index (χ4v) is 6.83. The molecule has 0 fully saturated rings. The standard InChI is InChI=1S/C46H40Cl2F4O3/c1-45(2,31-5-9-33(47)10-6-31)43(25-29-21-37(51)27-41(23-29)53-39-17-13-35(49)14-18-39)55-44(46(3,4)32-7-11-34(48)12-8-32)26-30-22-38(52)28-42(24-30)54-40-19-15-36(50)16-20-40/h5-24,27-28,43-44H,25-26H2,1-4H3. The molecule has 2 unspecified atom stereocenters. The average Bonchev–Trinajstić information content (AvgIpc) is 3.13. The second-order valence-electron chi connectivity index (χ2n) is 14.7. The summed E-state index contributed by atoms with van der Waals surface area (Å²) in [5.41, 5.74) is 1.72. The first-order valence-electron chi connectivity index (χ1n) is 17.8. The Hall–Kier alpha value is -4.82. The first-order valence-corrected chi connectivity index (χ1v) is 18.5. The molecule has 0 saturated heterocycles. The van der Waals surface area contributed by atoms with Crippen LogP contribution in [0.5, 0.6) is 23.0 Å². The summed E-state index contributed by atoms with van der Waals surface area (Å²) >= 11 is 12.6. The normalized spacial score (nSPS) is 13.0. The molecule has 284 valence electrons. The molecule has 0 aromatic heterocycles. The summed E-state index contributed by atoms with van der Waals surface area (Å²) in [4.78, 5) is 0. The number of halogens is 6. The van der Waals surface area contributed by atoms with Crippen LogP contribution in [0.25, 0.3) is 0 Å². The number of ether oxygens (including phenoxy) is 3. The summed E-state index contributed by atoms with van der Waals surface area (Å²) in [5, 5.41) is 1.16. The molecule has 9 heteroatoms. The molecule has 0 radical (unpaired) electrons. The smallest absolute Gasteiger partial charge is 0.130 e. The minimum atomic E-state index is -0.679. The second-order valence-corrected chi connectivity index (χ2v) is 15.6. The summed E-state index contributed by atoms with van der Waals surface area (Å²) in [7, 11) is 0. The third kappa shape index (κ3) is 10.3. The third-order valence-electron chi connectivity index (χ3n) is 9.92. The largest absolute Gasteiger partial charge is 0.457 e. The summed E-state index contributed by atoms with van der Waals surface area (Å²) in [5.74, 6) is -0.643. The lowest BCUT2D eigenvalue weighted by Gasteiger charge is -2.43. The molecule has 0 aliphatic carbocycles. The van der Waals surface area contributed by atoms with E-state index in [0.717, 1.165) is 11.1 Å². The van der Waals surface area contributed by atoms with Crippen molar-refractivity contribution in [1.29, 1.82) is 0 Å². The van der Waals surface area contributed by atoms with Gasteiger partial charge in [-0.25, -0.2) is 17.6 Å². The van der Waals surface area contributed by atoms with E-state index in [1.54, 1.807) is 12.1 Å². The predicted octanol–water partition coefficient (Wildman–Crippen LogP) is 13.6. The zero-order valence-electron chi connectivity index (χ0n) is 30.8. The average molecular weight is 788 g/mol. The Morgan fingerprint density at radius 3 is 1.13 bits per heavy atom. The summed E-state index contributed by atoms with van der Waals surface area (Å²) in [6.45, 7) is 8.22. The molecule has 0 amide bonds. The molecule has 0 bridgehead atoms. The van der Waals surface area contributed by atoms with E-state index in [-0.39, 0.29) is 24.3 Å². The molecule has 0 saturated carbocycles. The van der Waals surface area contributed by atoms with Crippen LogP contribution in [-0.4, -0.2) is 12.2 Å². The van der Waals surface area contributed by atoms with E-state index in [4.69, 9.17) is 37.4 Å². The Bertz CT molecular complexity index is 2050. The lowest BCUT2D eigenvalue weighted by atomic mass is 9.74. The molecule has 6 rings (SSSR count). The van der Waals surface area contributed by atoms with Gasteiger partial charge in [-0.15, -0.1) is 0 Å². The van der Waals surface area contributed by atoms with Gasteiger partial charge in [-0.3, -0.25) is 0 Å². The molecule has 6 aromatic rings. The van der Waals surface area contributed by atoms with Crippen molar-refractivity contribution in [2.45, 2.75) is 63.6 Å². The molecule has 55 heavy (non-hydrogen) atoms. The lowest BCUT2D eigenvalue weighted by Crippen LogP contribution is -2.46. The first-order chi connectivity index (χ1) is 26.1. The van der Waals surface area contributed by atoms with Gasteiger partial charge in [0.05, 0.1) is 12.2 Å². The maximum atomic E-state index is 15.3. The van der Waals surface area contributed by atoms with Gasteiger partial charge in [0.15, 0.2) is 0 Å². The van der Waals surface area contributed by atoms with Gasteiger partial charge in [-0.05, 0) is 132 Å². The van der Waals surface area contributed by atoms with Crippen LogP contribution in [0.3, 0.4) is 0 Å². The van der Waals surface area contributed by atoms with Gasteiger partial charge >= 0.3 is 0 Å². The molecular weight excluding hydrogens is 747 g/mol. The number of benzene rings is 6. The van der Waals surface area contributed by atoms with Crippen LogP contribution in [0.4, 0.5) is 17.6 Å². The van der Waals surface area contributed by atoms with Gasteiger partial charge in [-0.1, -0.05) is 75.2 Å². The maximum absolute atomic E-state index is 15.3. The molecule has 0 N–H and O–H groups in total. The van der Waals surface area contributed by atoms with Crippen LogP contribution in [0, 0.1) is 23.3 Å². The quantitative estimate of drug-likeness (QED) is 0.103. The van der Waals surface area contributed by atoms with Crippen molar-refractivity contribution in [2.75, 3.05) is 0 Å². The molecule has 0 aliphatic heterocycles. The number of rotatable bonds is 14. The van der Waals surface area contributed by atoms with Crippen LogP contribution in [0.15, 0.2) is 133 Å². The highest BCUT2D eigenvalue weighted by Gasteiger charge is 2.40. The van der Waals surface area contributed by atoms with Crippen molar-refractivity contribution in [3.63, 3.8) is 0 Å². The summed E-state index contributed by atoms with van der Waals surface area (Å²) in [6.07, 6.45) is -0.673. The second kappa shape index (κ2) is 16.9. The van der Waals surface area contributed by atoms with Gasteiger partial charge in [-0.2, -0.15) is 0 Å². The zero-order valence-corrected chi connectivity index (χ0v) is 32.3. The van der Waals surface area contributed by atoms with E-state index < -0.39 is 46.3 Å². The Labute approximate surface area is 329 Å². The molecule has 6 aromatic carbocycles. The van der Waals surface area contributed by atoms with E-state index in [2.05, 4.69) is 27.7 Å². The minimum Gasteiger partial charge on any atom is -0.457 e. The highest BCUT2D eigenvalue weighted by molar-refractivity contribution is 6.30. The van der Waals surface area contributed by atoms with E-state index in [1.165, 1.54) is 72.8 Å². The maximum Gasteiger partial charge on any atom is 0.130 e. The molecule has 0 spiro atoms. The van der Waals surface area contributed by atoms with Crippen molar-refractivity contribution in [1.82, 2.24) is 0 Å². The highest BCUT2D eigenvalue weighted by atomic mass is 35.5. The highest BCUT2D eigenvalue weighted by Crippen LogP contribution is 2.40. The Morgan fingerprint density at radius 2 is 0.782 bits per heavy atom. The van der Waals surface area contributed by atoms with Gasteiger partial charge < -0.3 is 14.2 Å². The third-order valence-corrected chi connectivity index (χ3v) is 10.4. The van der Waals surface area contributed by atoms with Crippen molar-refractivity contribution < 1.29 is 31.8 Å². The van der Waals surface area contributed by atoms with Crippen LogP contribution in [0.1, 0.15) is 49.9 Å². The predicted molar refractivity (Wildman–Crippen MR) is 211 cm³/mol. The Morgan fingerprint density at radius 1 is 0.436 bits per heavy atom. The van der Waals surface area contributed by atoms with Crippen molar-refractivity contribution in [3.8, 4) is 23.0 Å². The van der Waals surface area contributed by atoms with Gasteiger partial charge in [0.2, 0.25) is 0 Å². The molecular formula is C46H40Cl2F4O3. The minimum absolute atomic E-state index is 0.246. The van der Waals surface area contributed by atoms with Crippen LogP contribution in [0.2, 0.25) is 10.0 Å². The van der Waals surface area contributed by atoms with Crippen molar-refractivity contribution >= 4 is 23.2 Å². The van der Waals surface area contributed by atoms with E-state index in [1.807, 2.05) is 48.5 Å². The molecule has 0 aliphatic rings. The first kappa shape index (κ1) is 39.9. The van der Waals surface area contributed by atoms with Crippen molar-refractivity contribution in [3.05, 3.63) is 189 Å². The SMILES string of the molecule is CC(C)(c1ccc(Cl)cc1)C(Cc1cc(F)cc(Oc2ccc(F)cc2)c1)OC(Cc1cc(F)cc(Oc2ccc(F)cc2)c1)C(C)(C)c1ccc(Cl)cc1. The van der Waals surface area contributed by atoms with E-state index >= 15 is 8.78 Å². The van der Waals surface area contributed by atoms with Crippen LogP contribution < -0.4 is 9.47 Å². The van der Waals surface area contributed by atoms with E-state index in [9.17, 15) is 8.78 Å². The number of hydrogen-bond acceptors (Lipinski definition) is 3. The summed E-state index contributed by atoms with van der Waals surface area (Å²) in [6, 6.07) is 34.9. The van der Waals surface area contributed by atoms with Gasteiger partial charge in [0.1, 0.15) is 46.3 Å². The Balaban J connectivity index is 1.40. The molecule has 0 heterocycles.